The third-order valence-electron chi connectivity index (χ3n) is 5.30. The monoisotopic (exact) mass is 381 g/mol. The van der Waals surface area contributed by atoms with Gasteiger partial charge in [-0.1, -0.05) is 24.3 Å². The lowest BCUT2D eigenvalue weighted by molar-refractivity contribution is -0.130. The molecule has 0 atom stereocenters. The predicted octanol–water partition coefficient (Wildman–Crippen LogP) is 3.81. The van der Waals surface area contributed by atoms with Gasteiger partial charge in [0.25, 0.3) is 0 Å². The molecule has 2 aromatic carbocycles. The molecule has 0 saturated carbocycles. The predicted molar refractivity (Wildman–Crippen MR) is 108 cm³/mol. The number of carbonyl (C=O) groups excluding carboxylic acids is 2. The van der Waals surface area contributed by atoms with Crippen LogP contribution in [-0.2, 0) is 24.2 Å². The number of fused-ring (bicyclic) bond motifs is 1. The Balaban J connectivity index is 1.58. The molecular formula is C23H27NO4. The van der Waals surface area contributed by atoms with Crippen molar-refractivity contribution in [2.75, 3.05) is 21.3 Å². The van der Waals surface area contributed by atoms with Crippen LogP contribution in [0.1, 0.15) is 46.3 Å². The first-order valence-corrected chi connectivity index (χ1v) is 9.62. The average molecular weight is 381 g/mol. The maximum atomic E-state index is 12.5. The molecule has 0 bridgehead atoms. The SMILES string of the molecule is COc1cccc(CN(C)C(=O)CCC(=O)c2ccc3c(c2)CCC3)c1OC. The number of Topliss-reactive ketones (excluding diaryl/α,β-unsaturated/α-hetero) is 1. The molecule has 0 radical (unpaired) electrons. The van der Waals surface area contributed by atoms with Crippen molar-refractivity contribution in [1.82, 2.24) is 4.90 Å². The molecule has 0 aliphatic heterocycles. The van der Waals surface area contributed by atoms with Crippen LogP contribution in [0.4, 0.5) is 0 Å². The third kappa shape index (κ3) is 4.35. The molecule has 28 heavy (non-hydrogen) atoms. The first-order chi connectivity index (χ1) is 13.5. The Labute approximate surface area is 166 Å². The number of ether oxygens (including phenoxy) is 2. The van der Waals surface area contributed by atoms with Gasteiger partial charge in [-0.2, -0.15) is 0 Å². The van der Waals surface area contributed by atoms with Crippen LogP contribution >= 0.6 is 0 Å². The van der Waals surface area contributed by atoms with E-state index in [-0.39, 0.29) is 24.5 Å². The highest BCUT2D eigenvalue weighted by atomic mass is 16.5. The molecule has 5 heteroatoms. The second-order valence-electron chi connectivity index (χ2n) is 7.16. The number of hydrogen-bond donors (Lipinski definition) is 0. The highest BCUT2D eigenvalue weighted by molar-refractivity contribution is 5.98. The Bertz CT molecular complexity index is 875. The smallest absolute Gasteiger partial charge is 0.223 e. The Hall–Kier alpha value is -2.82. The van der Waals surface area contributed by atoms with Crippen molar-refractivity contribution < 1.29 is 19.1 Å². The number of rotatable bonds is 8. The fraction of sp³-hybridized carbons (Fsp3) is 0.391. The van der Waals surface area contributed by atoms with Gasteiger partial charge >= 0.3 is 0 Å². The summed E-state index contributed by atoms with van der Waals surface area (Å²) in [7, 11) is 4.90. The second-order valence-corrected chi connectivity index (χ2v) is 7.16. The number of benzene rings is 2. The molecule has 3 rings (SSSR count). The van der Waals surface area contributed by atoms with Crippen molar-refractivity contribution >= 4 is 11.7 Å². The van der Waals surface area contributed by atoms with Gasteiger partial charge in [-0.15, -0.1) is 0 Å². The van der Waals surface area contributed by atoms with E-state index in [0.29, 0.717) is 23.6 Å². The number of aryl methyl sites for hydroxylation is 2. The third-order valence-corrected chi connectivity index (χ3v) is 5.30. The summed E-state index contributed by atoms with van der Waals surface area (Å²) >= 11 is 0. The zero-order chi connectivity index (χ0) is 20.1. The van der Waals surface area contributed by atoms with Crippen LogP contribution in [0.5, 0.6) is 11.5 Å². The standard InChI is InChI=1S/C23H27NO4/c1-24(15-19-8-5-9-21(27-2)23(19)28-3)22(26)13-12-20(25)18-11-10-16-6-4-7-17(16)14-18/h5,8-11,14H,4,6-7,12-13,15H2,1-3H3. The van der Waals surface area contributed by atoms with Gasteiger partial charge in [0.2, 0.25) is 5.91 Å². The Morgan fingerprint density at radius 1 is 1.00 bits per heavy atom. The van der Waals surface area contributed by atoms with Gasteiger partial charge in [0.1, 0.15) is 0 Å². The van der Waals surface area contributed by atoms with Crippen molar-refractivity contribution in [2.24, 2.45) is 0 Å². The van der Waals surface area contributed by atoms with Gasteiger partial charge < -0.3 is 14.4 Å². The van der Waals surface area contributed by atoms with Crippen molar-refractivity contribution in [2.45, 2.75) is 38.6 Å². The maximum Gasteiger partial charge on any atom is 0.223 e. The molecule has 5 nitrogen and oxygen atoms in total. The highest BCUT2D eigenvalue weighted by Crippen LogP contribution is 2.31. The molecule has 1 amide bonds. The van der Waals surface area contributed by atoms with E-state index >= 15 is 0 Å². The molecule has 0 unspecified atom stereocenters. The van der Waals surface area contributed by atoms with Crippen molar-refractivity contribution in [3.63, 3.8) is 0 Å². The molecular weight excluding hydrogens is 354 g/mol. The number of amides is 1. The molecule has 1 aliphatic carbocycles. The number of carbonyl (C=O) groups is 2. The lowest BCUT2D eigenvalue weighted by Gasteiger charge is -2.20. The zero-order valence-corrected chi connectivity index (χ0v) is 16.8. The van der Waals surface area contributed by atoms with Crippen molar-refractivity contribution in [3.8, 4) is 11.5 Å². The molecule has 0 aromatic heterocycles. The highest BCUT2D eigenvalue weighted by Gasteiger charge is 2.18. The van der Waals surface area contributed by atoms with Crippen LogP contribution in [0, 0.1) is 0 Å². The van der Waals surface area contributed by atoms with E-state index in [0.717, 1.165) is 24.8 Å². The molecule has 0 fully saturated rings. The summed E-state index contributed by atoms with van der Waals surface area (Å²) in [5.41, 5.74) is 4.20. The van der Waals surface area contributed by atoms with Gasteiger partial charge in [0.15, 0.2) is 17.3 Å². The fourth-order valence-corrected chi connectivity index (χ4v) is 3.72. The lowest BCUT2D eigenvalue weighted by atomic mass is 10.0. The van der Waals surface area contributed by atoms with E-state index in [2.05, 4.69) is 6.07 Å². The molecule has 0 heterocycles. The van der Waals surface area contributed by atoms with Gasteiger partial charge in [-0.05, 0) is 42.5 Å². The minimum atomic E-state index is -0.0700. The normalized spacial score (nSPS) is 12.4. The summed E-state index contributed by atoms with van der Waals surface area (Å²) in [5, 5.41) is 0. The van der Waals surface area contributed by atoms with Crippen LogP contribution in [-0.4, -0.2) is 37.9 Å². The average Bonchev–Trinajstić information content (AvgIpc) is 3.19. The minimum Gasteiger partial charge on any atom is -0.493 e. The van der Waals surface area contributed by atoms with Crippen LogP contribution < -0.4 is 9.47 Å². The van der Waals surface area contributed by atoms with E-state index < -0.39 is 0 Å². The molecule has 2 aromatic rings. The molecule has 1 aliphatic rings. The van der Waals surface area contributed by atoms with Crippen LogP contribution in [0.25, 0.3) is 0 Å². The number of nitrogens with zero attached hydrogens (tertiary/aromatic N) is 1. The maximum absolute atomic E-state index is 12.5. The van der Waals surface area contributed by atoms with Crippen LogP contribution in [0.2, 0.25) is 0 Å². The van der Waals surface area contributed by atoms with E-state index in [4.69, 9.17) is 9.47 Å². The van der Waals surface area contributed by atoms with Gasteiger partial charge in [-0.3, -0.25) is 9.59 Å². The summed E-state index contributed by atoms with van der Waals surface area (Å²) in [6.45, 7) is 0.395. The summed E-state index contributed by atoms with van der Waals surface area (Å²) in [6.07, 6.45) is 3.71. The molecule has 0 saturated heterocycles. The Kier molecular flexibility index (Phi) is 6.34. The number of hydrogen-bond acceptors (Lipinski definition) is 4. The van der Waals surface area contributed by atoms with Crippen LogP contribution in [0.15, 0.2) is 36.4 Å². The number of ketones is 1. The van der Waals surface area contributed by atoms with Gasteiger partial charge in [0.05, 0.1) is 14.2 Å². The van der Waals surface area contributed by atoms with E-state index in [1.165, 1.54) is 11.1 Å². The van der Waals surface area contributed by atoms with Crippen LogP contribution in [0.3, 0.4) is 0 Å². The summed E-state index contributed by atoms with van der Waals surface area (Å²) in [6, 6.07) is 11.5. The van der Waals surface area contributed by atoms with E-state index in [1.54, 1.807) is 26.2 Å². The van der Waals surface area contributed by atoms with E-state index in [9.17, 15) is 9.59 Å². The zero-order valence-electron chi connectivity index (χ0n) is 16.8. The molecule has 148 valence electrons. The molecule has 0 N–H and O–H groups in total. The van der Waals surface area contributed by atoms with Gasteiger partial charge in [0, 0.05) is 37.6 Å². The fourth-order valence-electron chi connectivity index (χ4n) is 3.72. The quantitative estimate of drug-likeness (QED) is 0.653. The topological polar surface area (TPSA) is 55.8 Å². The Morgan fingerprint density at radius 3 is 2.54 bits per heavy atom. The second kappa shape index (κ2) is 8.91. The summed E-state index contributed by atoms with van der Waals surface area (Å²) in [5.74, 6) is 1.21. The molecule has 0 spiro atoms. The summed E-state index contributed by atoms with van der Waals surface area (Å²) < 4.78 is 10.7. The van der Waals surface area contributed by atoms with Gasteiger partial charge in [-0.25, -0.2) is 0 Å². The first-order valence-electron chi connectivity index (χ1n) is 9.62. The van der Waals surface area contributed by atoms with Crippen molar-refractivity contribution in [3.05, 3.63) is 58.7 Å². The Morgan fingerprint density at radius 2 is 1.79 bits per heavy atom. The number of para-hydroxylation sites is 1. The summed E-state index contributed by atoms with van der Waals surface area (Å²) in [4.78, 5) is 26.7. The first kappa shape index (κ1) is 19.9. The van der Waals surface area contributed by atoms with Crippen molar-refractivity contribution in [1.29, 1.82) is 0 Å². The lowest BCUT2D eigenvalue weighted by Crippen LogP contribution is -2.26. The number of methoxy groups -OCH3 is 2. The van der Waals surface area contributed by atoms with E-state index in [1.807, 2.05) is 30.3 Å². The largest absolute Gasteiger partial charge is 0.493 e. The minimum absolute atomic E-state index is 0.0235.